The minimum absolute atomic E-state index is 0.130. The Labute approximate surface area is 80.7 Å². The molecular formula is C8H9ClN2O2. The highest BCUT2D eigenvalue weighted by Gasteiger charge is 2.02. The van der Waals surface area contributed by atoms with Crippen molar-refractivity contribution in [1.82, 2.24) is 4.98 Å². The number of ether oxygens (including phenoxy) is 1. The minimum Gasteiger partial charge on any atom is -0.445 e. The predicted molar refractivity (Wildman–Crippen MR) is 48.4 cm³/mol. The molecule has 2 N–H and O–H groups in total. The third-order valence-corrected chi connectivity index (χ3v) is 1.74. The van der Waals surface area contributed by atoms with Gasteiger partial charge in [-0.25, -0.2) is 9.78 Å². The van der Waals surface area contributed by atoms with Crippen LogP contribution in [0, 0.1) is 6.92 Å². The largest absolute Gasteiger partial charge is 0.445 e. The molecule has 1 amide bonds. The van der Waals surface area contributed by atoms with Crippen LogP contribution in [0.15, 0.2) is 12.1 Å². The van der Waals surface area contributed by atoms with Crippen LogP contribution < -0.4 is 5.73 Å². The molecule has 0 aliphatic carbocycles. The molecule has 0 bridgehead atoms. The van der Waals surface area contributed by atoms with Crippen molar-refractivity contribution in [3.8, 4) is 0 Å². The quantitative estimate of drug-likeness (QED) is 0.738. The van der Waals surface area contributed by atoms with Crippen molar-refractivity contribution in [3.63, 3.8) is 0 Å². The van der Waals surface area contributed by atoms with E-state index in [0.29, 0.717) is 5.15 Å². The van der Waals surface area contributed by atoms with Crippen LogP contribution in [0.25, 0.3) is 0 Å². The van der Waals surface area contributed by atoms with Gasteiger partial charge in [0, 0.05) is 11.3 Å². The molecule has 0 saturated carbocycles. The smallest absolute Gasteiger partial charge is 0.404 e. The molecule has 0 fully saturated rings. The van der Waals surface area contributed by atoms with Crippen molar-refractivity contribution in [3.05, 3.63) is 28.5 Å². The zero-order valence-corrected chi connectivity index (χ0v) is 7.84. The van der Waals surface area contributed by atoms with Crippen LogP contribution in [0.2, 0.25) is 5.15 Å². The SMILES string of the molecule is Cc1nc(Cl)ccc1COC(N)=O. The number of nitrogens with two attached hydrogens (primary N) is 1. The Balaban J connectivity index is 2.72. The molecule has 0 aliphatic heterocycles. The van der Waals surface area contributed by atoms with Crippen molar-refractivity contribution in [1.29, 1.82) is 0 Å². The molecular weight excluding hydrogens is 192 g/mol. The summed E-state index contributed by atoms with van der Waals surface area (Å²) in [6.07, 6.45) is -0.797. The highest BCUT2D eigenvalue weighted by atomic mass is 35.5. The molecule has 70 valence electrons. The van der Waals surface area contributed by atoms with Crippen LogP contribution in [0.1, 0.15) is 11.3 Å². The summed E-state index contributed by atoms with van der Waals surface area (Å²) >= 11 is 5.64. The number of hydrogen-bond acceptors (Lipinski definition) is 3. The molecule has 0 aliphatic rings. The lowest BCUT2D eigenvalue weighted by molar-refractivity contribution is 0.150. The fourth-order valence-corrected chi connectivity index (χ4v) is 1.05. The van der Waals surface area contributed by atoms with Crippen LogP contribution in [-0.4, -0.2) is 11.1 Å². The molecule has 1 rings (SSSR count). The van der Waals surface area contributed by atoms with E-state index >= 15 is 0 Å². The molecule has 4 nitrogen and oxygen atoms in total. The minimum atomic E-state index is -0.797. The number of aromatic nitrogens is 1. The van der Waals surface area contributed by atoms with Gasteiger partial charge in [-0.1, -0.05) is 17.7 Å². The van der Waals surface area contributed by atoms with Crippen LogP contribution in [0.5, 0.6) is 0 Å². The summed E-state index contributed by atoms with van der Waals surface area (Å²) in [6.45, 7) is 1.91. The molecule has 13 heavy (non-hydrogen) atoms. The molecule has 1 heterocycles. The second kappa shape index (κ2) is 4.09. The number of hydrogen-bond donors (Lipinski definition) is 1. The zero-order valence-electron chi connectivity index (χ0n) is 7.08. The monoisotopic (exact) mass is 200 g/mol. The second-order valence-corrected chi connectivity index (χ2v) is 2.87. The lowest BCUT2D eigenvalue weighted by Crippen LogP contribution is -2.13. The van der Waals surface area contributed by atoms with Crippen molar-refractivity contribution < 1.29 is 9.53 Å². The van der Waals surface area contributed by atoms with E-state index in [1.807, 2.05) is 0 Å². The standard InChI is InChI=1S/C8H9ClN2O2/c1-5-6(4-13-8(10)12)2-3-7(9)11-5/h2-3H,4H2,1H3,(H2,10,12). The maximum absolute atomic E-state index is 10.3. The molecule has 0 atom stereocenters. The third kappa shape index (κ3) is 2.91. The molecule has 0 spiro atoms. The van der Waals surface area contributed by atoms with E-state index in [2.05, 4.69) is 9.72 Å². The Morgan fingerprint density at radius 2 is 2.38 bits per heavy atom. The maximum Gasteiger partial charge on any atom is 0.404 e. The third-order valence-electron chi connectivity index (χ3n) is 1.53. The van der Waals surface area contributed by atoms with Crippen molar-refractivity contribution >= 4 is 17.7 Å². The van der Waals surface area contributed by atoms with Gasteiger partial charge in [0.25, 0.3) is 0 Å². The van der Waals surface area contributed by atoms with E-state index in [-0.39, 0.29) is 6.61 Å². The first-order chi connectivity index (χ1) is 6.09. The van der Waals surface area contributed by atoms with Gasteiger partial charge in [0.15, 0.2) is 0 Å². The van der Waals surface area contributed by atoms with Crippen LogP contribution in [-0.2, 0) is 11.3 Å². The van der Waals surface area contributed by atoms with Gasteiger partial charge in [-0.05, 0) is 13.0 Å². The molecule has 0 radical (unpaired) electrons. The number of halogens is 1. The lowest BCUT2D eigenvalue weighted by Gasteiger charge is -2.04. The summed E-state index contributed by atoms with van der Waals surface area (Å²) in [5, 5.41) is 0.417. The fourth-order valence-electron chi connectivity index (χ4n) is 0.861. The average Bonchev–Trinajstić information content (AvgIpc) is 2.02. The van der Waals surface area contributed by atoms with Gasteiger partial charge in [0.1, 0.15) is 11.8 Å². The van der Waals surface area contributed by atoms with Crippen LogP contribution in [0.3, 0.4) is 0 Å². The Morgan fingerprint density at radius 3 is 2.92 bits per heavy atom. The van der Waals surface area contributed by atoms with E-state index < -0.39 is 6.09 Å². The first-order valence-electron chi connectivity index (χ1n) is 3.64. The Morgan fingerprint density at radius 1 is 1.69 bits per heavy atom. The summed E-state index contributed by atoms with van der Waals surface area (Å²) in [5.41, 5.74) is 6.34. The van der Waals surface area contributed by atoms with Gasteiger partial charge in [0.2, 0.25) is 0 Å². The molecule has 1 aromatic rings. The molecule has 0 aromatic carbocycles. The average molecular weight is 201 g/mol. The fraction of sp³-hybridized carbons (Fsp3) is 0.250. The van der Waals surface area contributed by atoms with Crippen molar-refractivity contribution in [2.75, 3.05) is 0 Å². The molecule has 0 saturated heterocycles. The van der Waals surface area contributed by atoms with Gasteiger partial charge in [-0.2, -0.15) is 0 Å². The normalized spacial score (nSPS) is 9.69. The Kier molecular flexibility index (Phi) is 3.08. The first kappa shape index (κ1) is 9.80. The second-order valence-electron chi connectivity index (χ2n) is 2.49. The number of rotatable bonds is 2. The number of carbonyl (C=O) groups excluding carboxylic acids is 1. The number of aryl methyl sites for hydroxylation is 1. The molecule has 1 aromatic heterocycles. The molecule has 0 unspecified atom stereocenters. The first-order valence-corrected chi connectivity index (χ1v) is 4.01. The van der Waals surface area contributed by atoms with E-state index in [1.54, 1.807) is 19.1 Å². The summed E-state index contributed by atoms with van der Waals surface area (Å²) in [5.74, 6) is 0. The van der Waals surface area contributed by atoms with Crippen molar-refractivity contribution in [2.45, 2.75) is 13.5 Å². The van der Waals surface area contributed by atoms with Gasteiger partial charge < -0.3 is 10.5 Å². The zero-order chi connectivity index (χ0) is 9.84. The summed E-state index contributed by atoms with van der Waals surface area (Å²) in [6, 6.07) is 3.38. The van der Waals surface area contributed by atoms with Crippen LogP contribution in [0.4, 0.5) is 4.79 Å². The van der Waals surface area contributed by atoms with Gasteiger partial charge in [0.05, 0.1) is 0 Å². The summed E-state index contributed by atoms with van der Waals surface area (Å²) in [7, 11) is 0. The number of primary amides is 1. The topological polar surface area (TPSA) is 65.2 Å². The van der Waals surface area contributed by atoms with Gasteiger partial charge in [-0.15, -0.1) is 0 Å². The number of nitrogens with zero attached hydrogens (tertiary/aromatic N) is 1. The van der Waals surface area contributed by atoms with Crippen LogP contribution >= 0.6 is 11.6 Å². The highest BCUT2D eigenvalue weighted by molar-refractivity contribution is 6.29. The van der Waals surface area contributed by atoms with E-state index in [1.165, 1.54) is 0 Å². The Bertz CT molecular complexity index is 328. The van der Waals surface area contributed by atoms with Crippen molar-refractivity contribution in [2.24, 2.45) is 5.73 Å². The van der Waals surface area contributed by atoms with Gasteiger partial charge in [-0.3, -0.25) is 0 Å². The number of carbonyl (C=O) groups is 1. The lowest BCUT2D eigenvalue weighted by atomic mass is 10.2. The number of pyridine rings is 1. The highest BCUT2D eigenvalue weighted by Crippen LogP contribution is 2.11. The maximum atomic E-state index is 10.3. The van der Waals surface area contributed by atoms with E-state index in [4.69, 9.17) is 17.3 Å². The summed E-state index contributed by atoms with van der Waals surface area (Å²) < 4.78 is 4.60. The summed E-state index contributed by atoms with van der Waals surface area (Å²) in [4.78, 5) is 14.3. The Hall–Kier alpha value is -1.29. The van der Waals surface area contributed by atoms with E-state index in [9.17, 15) is 4.79 Å². The van der Waals surface area contributed by atoms with E-state index in [0.717, 1.165) is 11.3 Å². The predicted octanol–water partition coefficient (Wildman–Crippen LogP) is 1.64. The van der Waals surface area contributed by atoms with Gasteiger partial charge >= 0.3 is 6.09 Å². The molecule has 5 heteroatoms. The number of amides is 1.